The predicted octanol–water partition coefficient (Wildman–Crippen LogP) is 6.07. The lowest BCUT2D eigenvalue weighted by Gasteiger charge is -2.56. The Morgan fingerprint density at radius 3 is 1.41 bits per heavy atom. The summed E-state index contributed by atoms with van der Waals surface area (Å²) in [5.41, 5.74) is 0.0679. The van der Waals surface area contributed by atoms with E-state index in [9.17, 15) is 0 Å². The average Bonchev–Trinajstić information content (AvgIpc) is 2.63. The van der Waals surface area contributed by atoms with Gasteiger partial charge >= 0.3 is 7.67 Å². The molecule has 0 aromatic carbocycles. The van der Waals surface area contributed by atoms with Crippen molar-refractivity contribution in [3.05, 3.63) is 0 Å². The van der Waals surface area contributed by atoms with E-state index in [1.165, 1.54) is 19.3 Å². The van der Waals surface area contributed by atoms with Crippen LogP contribution in [0.25, 0.3) is 0 Å². The largest absolute Gasteiger partial charge is 0.346 e. The Labute approximate surface area is 209 Å². The highest BCUT2D eigenvalue weighted by Crippen LogP contribution is 2.63. The molecule has 3 saturated heterocycles. The zero-order valence-electron chi connectivity index (χ0n) is 23.4. The number of piperidine rings is 2. The first kappa shape index (κ1) is 27.1. The summed E-state index contributed by atoms with van der Waals surface area (Å²) in [5.74, 6) is 0. The van der Waals surface area contributed by atoms with Crippen LogP contribution in [0.1, 0.15) is 120 Å². The molecular weight excluding hydrogens is 443 g/mol. The molecule has 4 fully saturated rings. The number of hydrogen-bond donors (Lipinski definition) is 2. The smallest absolute Gasteiger partial charge is 0.307 e. The summed E-state index contributed by atoms with van der Waals surface area (Å²) in [4.78, 5) is 0. The summed E-state index contributed by atoms with van der Waals surface area (Å²) in [6, 6.07) is 0.539. The molecule has 1 saturated carbocycles. The van der Waals surface area contributed by atoms with Crippen LogP contribution in [0.4, 0.5) is 0 Å². The third kappa shape index (κ3) is 6.11. The van der Waals surface area contributed by atoms with Crippen molar-refractivity contribution in [3.63, 3.8) is 0 Å². The second-order valence-corrected chi connectivity index (χ2v) is 16.7. The minimum absolute atomic E-state index is 0.0170. The maximum Gasteiger partial charge on any atom is 0.346 e. The highest BCUT2D eigenvalue weighted by atomic mass is 31.2. The van der Waals surface area contributed by atoms with E-state index in [2.05, 4.69) is 75.4 Å². The molecule has 7 heteroatoms. The van der Waals surface area contributed by atoms with Crippen LogP contribution in [-0.2, 0) is 9.09 Å². The van der Waals surface area contributed by atoms with Crippen molar-refractivity contribution in [3.8, 4) is 0 Å². The van der Waals surface area contributed by atoms with Gasteiger partial charge in [-0.05, 0) is 100 Å². The summed E-state index contributed by atoms with van der Waals surface area (Å²) >= 11 is 0. The summed E-state index contributed by atoms with van der Waals surface area (Å²) in [5, 5.41) is 7.65. The monoisotopic (exact) mass is 496 g/mol. The van der Waals surface area contributed by atoms with Crippen LogP contribution in [0.5, 0.6) is 0 Å². The van der Waals surface area contributed by atoms with Gasteiger partial charge in [0.15, 0.2) is 0 Å². The second-order valence-electron chi connectivity index (χ2n) is 14.4. The minimum atomic E-state index is -3.15. The van der Waals surface area contributed by atoms with Crippen LogP contribution < -0.4 is 10.6 Å². The third-order valence-electron chi connectivity index (χ3n) is 8.44. The maximum atomic E-state index is 15.4. The molecule has 0 aromatic heterocycles. The molecule has 0 aromatic rings. The molecule has 0 bridgehead atoms. The Kier molecular flexibility index (Phi) is 7.49. The lowest BCUT2D eigenvalue weighted by Crippen LogP contribution is -2.65. The fourth-order valence-corrected chi connectivity index (χ4v) is 11.1. The van der Waals surface area contributed by atoms with E-state index >= 15 is 4.57 Å². The molecule has 3 aliphatic heterocycles. The summed E-state index contributed by atoms with van der Waals surface area (Å²) in [7, 11) is -3.15. The number of hydrogen-bond acceptors (Lipinski definition) is 4. The molecule has 6 nitrogen and oxygen atoms in total. The predicted molar refractivity (Wildman–Crippen MR) is 142 cm³/mol. The van der Waals surface area contributed by atoms with Crippen LogP contribution in [0.2, 0.25) is 0 Å². The van der Waals surface area contributed by atoms with E-state index in [0.717, 1.165) is 58.0 Å². The Hall–Kier alpha value is 0.0300. The van der Waals surface area contributed by atoms with Crippen molar-refractivity contribution in [1.82, 2.24) is 20.0 Å². The molecule has 0 radical (unpaired) electrons. The van der Waals surface area contributed by atoms with E-state index < -0.39 is 7.67 Å². The summed E-state index contributed by atoms with van der Waals surface area (Å²) < 4.78 is 27.0. The normalized spacial score (nSPS) is 33.1. The molecule has 0 atom stereocenters. The lowest BCUT2D eigenvalue weighted by atomic mass is 9.79. The zero-order valence-corrected chi connectivity index (χ0v) is 24.3. The van der Waals surface area contributed by atoms with Crippen molar-refractivity contribution < 1.29 is 9.09 Å². The molecule has 34 heavy (non-hydrogen) atoms. The van der Waals surface area contributed by atoms with E-state index in [1.54, 1.807) is 0 Å². The van der Waals surface area contributed by atoms with Crippen molar-refractivity contribution in [1.29, 1.82) is 0 Å². The molecule has 4 aliphatic rings. The van der Waals surface area contributed by atoms with Crippen LogP contribution in [-0.4, -0.2) is 62.8 Å². The quantitative estimate of drug-likeness (QED) is 0.461. The Bertz CT molecular complexity index is 693. The molecule has 3 heterocycles. The van der Waals surface area contributed by atoms with Gasteiger partial charge in [0, 0.05) is 47.3 Å². The fourth-order valence-electron chi connectivity index (χ4n) is 8.02. The van der Waals surface area contributed by atoms with Gasteiger partial charge in [-0.2, -0.15) is 0 Å². The molecular formula is C27H53N4O2P. The van der Waals surface area contributed by atoms with Crippen molar-refractivity contribution in [2.24, 2.45) is 0 Å². The molecule has 0 spiro atoms. The van der Waals surface area contributed by atoms with Gasteiger partial charge < -0.3 is 15.2 Å². The van der Waals surface area contributed by atoms with Gasteiger partial charge in [-0.15, -0.1) is 0 Å². The molecule has 2 N–H and O–H groups in total. The van der Waals surface area contributed by atoms with E-state index in [4.69, 9.17) is 4.52 Å². The third-order valence-corrected chi connectivity index (χ3v) is 11.4. The molecule has 4 rings (SSSR count). The summed E-state index contributed by atoms with van der Waals surface area (Å²) in [6.45, 7) is 20.2. The van der Waals surface area contributed by atoms with Crippen molar-refractivity contribution >= 4 is 7.67 Å². The summed E-state index contributed by atoms with van der Waals surface area (Å²) in [6.07, 6.45) is 11.0. The Morgan fingerprint density at radius 1 is 0.647 bits per heavy atom. The fraction of sp³-hybridized carbons (Fsp3) is 1.00. The first-order chi connectivity index (χ1) is 15.6. The number of nitrogens with one attached hydrogen (secondary N) is 2. The van der Waals surface area contributed by atoms with Crippen LogP contribution in [0.3, 0.4) is 0 Å². The first-order valence-electron chi connectivity index (χ1n) is 14.0. The number of nitrogens with zero attached hydrogens (tertiary/aromatic N) is 2. The van der Waals surface area contributed by atoms with Crippen LogP contribution in [0, 0.1) is 0 Å². The Morgan fingerprint density at radius 2 is 1.03 bits per heavy atom. The van der Waals surface area contributed by atoms with Crippen LogP contribution >= 0.6 is 7.67 Å². The number of rotatable bonds is 4. The Balaban J connectivity index is 1.68. The molecule has 198 valence electrons. The zero-order chi connectivity index (χ0) is 25.0. The first-order valence-corrected chi connectivity index (χ1v) is 15.5. The van der Waals surface area contributed by atoms with Gasteiger partial charge in [0.25, 0.3) is 0 Å². The lowest BCUT2D eigenvalue weighted by molar-refractivity contribution is 0.0329. The van der Waals surface area contributed by atoms with Crippen LogP contribution in [0.15, 0.2) is 0 Å². The highest BCUT2D eigenvalue weighted by Gasteiger charge is 2.54. The van der Waals surface area contributed by atoms with Crippen molar-refractivity contribution in [2.75, 3.05) is 13.1 Å². The van der Waals surface area contributed by atoms with Gasteiger partial charge in [-0.3, -0.25) is 4.57 Å². The van der Waals surface area contributed by atoms with Gasteiger partial charge in [0.2, 0.25) is 0 Å². The van der Waals surface area contributed by atoms with Gasteiger partial charge in [-0.1, -0.05) is 19.3 Å². The topological polar surface area (TPSA) is 56.8 Å². The van der Waals surface area contributed by atoms with E-state index in [1.807, 2.05) is 0 Å². The highest BCUT2D eigenvalue weighted by molar-refractivity contribution is 7.54. The van der Waals surface area contributed by atoms with E-state index in [0.29, 0.717) is 0 Å². The minimum Gasteiger partial charge on any atom is -0.307 e. The van der Waals surface area contributed by atoms with Gasteiger partial charge in [-0.25, -0.2) is 9.34 Å². The maximum absolute atomic E-state index is 15.4. The standard InChI is InChI=1S/C27H53N4O2P/c1-24(2)17-21(18-25(3,4)28-24)30-15-12-16-31(22-19-26(5,6)29-27(7,8)20-22)34(30,32)33-23-13-10-9-11-14-23/h21-23,28-29H,9-20H2,1-8H3. The molecule has 0 amide bonds. The van der Waals surface area contributed by atoms with Gasteiger partial charge in [0.1, 0.15) is 0 Å². The second kappa shape index (κ2) is 9.40. The molecule has 1 aliphatic carbocycles. The SMILES string of the molecule is CC1(C)CC(N2CCCN(C3CC(C)(C)NC(C)(C)C3)P2(=O)OC2CCCCC2)CC(C)(C)N1. The van der Waals surface area contributed by atoms with Gasteiger partial charge in [0.05, 0.1) is 6.10 Å². The van der Waals surface area contributed by atoms with E-state index in [-0.39, 0.29) is 40.3 Å². The average molecular weight is 497 g/mol. The van der Waals surface area contributed by atoms with Crippen molar-refractivity contribution in [2.45, 2.75) is 160 Å². The molecule has 0 unspecified atom stereocenters.